The van der Waals surface area contributed by atoms with Crippen LogP contribution in [0.25, 0.3) is 0 Å². The standard InChI is InChI=1S/C16H19BrF3N3O/c17-11-7-13(16(18,19)20)14(21-8-11)23-6-2-5-12(9-23)22-15(24)10-3-1-4-10/h7-8,10,12H,1-6,9H2,(H,22,24). The number of alkyl halides is 3. The van der Waals surface area contributed by atoms with Crippen LogP contribution >= 0.6 is 15.9 Å². The molecule has 2 aliphatic rings. The van der Waals surface area contributed by atoms with Crippen LogP contribution in [0.4, 0.5) is 19.0 Å². The van der Waals surface area contributed by atoms with Crippen LogP contribution in [-0.4, -0.2) is 30.0 Å². The minimum atomic E-state index is -4.46. The van der Waals surface area contributed by atoms with Gasteiger partial charge in [-0.1, -0.05) is 6.42 Å². The van der Waals surface area contributed by atoms with Crippen molar-refractivity contribution in [2.24, 2.45) is 5.92 Å². The smallest absolute Gasteiger partial charge is 0.354 e. The van der Waals surface area contributed by atoms with Crippen LogP contribution in [-0.2, 0) is 11.0 Å². The van der Waals surface area contributed by atoms with E-state index in [4.69, 9.17) is 0 Å². The number of piperidine rings is 1. The summed E-state index contributed by atoms with van der Waals surface area (Å²) in [4.78, 5) is 17.7. The quantitative estimate of drug-likeness (QED) is 0.832. The largest absolute Gasteiger partial charge is 0.419 e. The summed E-state index contributed by atoms with van der Waals surface area (Å²) >= 11 is 3.05. The molecule has 1 aliphatic heterocycles. The van der Waals surface area contributed by atoms with Crippen LogP contribution in [0.5, 0.6) is 0 Å². The van der Waals surface area contributed by atoms with Gasteiger partial charge in [0.25, 0.3) is 0 Å². The van der Waals surface area contributed by atoms with E-state index < -0.39 is 11.7 Å². The van der Waals surface area contributed by atoms with Gasteiger partial charge in [0.05, 0.1) is 5.56 Å². The number of halogens is 4. The first-order valence-electron chi connectivity index (χ1n) is 8.12. The van der Waals surface area contributed by atoms with Crippen molar-refractivity contribution in [3.05, 3.63) is 22.3 Å². The molecule has 0 radical (unpaired) electrons. The van der Waals surface area contributed by atoms with Crippen LogP contribution in [0.2, 0.25) is 0 Å². The molecule has 8 heteroatoms. The third-order valence-corrected chi connectivity index (χ3v) is 5.12. The summed E-state index contributed by atoms with van der Waals surface area (Å²) in [6.07, 6.45) is 1.32. The van der Waals surface area contributed by atoms with E-state index in [0.717, 1.165) is 38.2 Å². The van der Waals surface area contributed by atoms with Crippen molar-refractivity contribution in [3.63, 3.8) is 0 Å². The molecule has 0 bridgehead atoms. The molecule has 1 unspecified atom stereocenters. The van der Waals surface area contributed by atoms with E-state index in [1.54, 1.807) is 4.90 Å². The first-order chi connectivity index (χ1) is 11.3. The maximum Gasteiger partial charge on any atom is 0.419 e. The van der Waals surface area contributed by atoms with Crippen LogP contribution < -0.4 is 10.2 Å². The van der Waals surface area contributed by atoms with Crippen molar-refractivity contribution >= 4 is 27.7 Å². The Hall–Kier alpha value is -1.31. The molecule has 1 aromatic heterocycles. The molecular weight excluding hydrogens is 387 g/mol. The van der Waals surface area contributed by atoms with Gasteiger partial charge in [0, 0.05) is 35.7 Å². The fourth-order valence-electron chi connectivity index (χ4n) is 3.17. The van der Waals surface area contributed by atoms with Crippen molar-refractivity contribution in [1.82, 2.24) is 10.3 Å². The second kappa shape index (κ2) is 6.90. The zero-order valence-electron chi connectivity index (χ0n) is 13.1. The number of anilines is 1. The predicted octanol–water partition coefficient (Wildman–Crippen LogP) is 3.75. The third kappa shape index (κ3) is 3.84. The van der Waals surface area contributed by atoms with Gasteiger partial charge < -0.3 is 10.2 Å². The minimum Gasteiger partial charge on any atom is -0.354 e. The number of hydrogen-bond acceptors (Lipinski definition) is 3. The van der Waals surface area contributed by atoms with Crippen molar-refractivity contribution in [2.75, 3.05) is 18.0 Å². The maximum atomic E-state index is 13.3. The topological polar surface area (TPSA) is 45.2 Å². The lowest BCUT2D eigenvalue weighted by molar-refractivity contribution is -0.137. The SMILES string of the molecule is O=C(NC1CCCN(c2ncc(Br)cc2C(F)(F)F)C1)C1CCC1. The molecule has 24 heavy (non-hydrogen) atoms. The van der Waals surface area contributed by atoms with Crippen molar-refractivity contribution in [3.8, 4) is 0 Å². The molecule has 2 fully saturated rings. The van der Waals surface area contributed by atoms with Gasteiger partial charge in [0.15, 0.2) is 0 Å². The zero-order chi connectivity index (χ0) is 17.3. The molecule has 0 aromatic carbocycles. The molecule has 1 saturated heterocycles. The number of nitrogens with one attached hydrogen (secondary N) is 1. The normalized spacial score (nSPS) is 22.2. The summed E-state index contributed by atoms with van der Waals surface area (Å²) in [5.74, 6) is 0.0538. The molecule has 3 rings (SSSR count). The van der Waals surface area contributed by atoms with Crippen LogP contribution in [0.15, 0.2) is 16.7 Å². The number of pyridine rings is 1. The number of nitrogens with zero attached hydrogens (tertiary/aromatic N) is 2. The van der Waals surface area contributed by atoms with Gasteiger partial charge in [-0.15, -0.1) is 0 Å². The van der Waals surface area contributed by atoms with Crippen molar-refractivity contribution in [1.29, 1.82) is 0 Å². The number of aromatic nitrogens is 1. The van der Waals surface area contributed by atoms with Gasteiger partial charge in [-0.25, -0.2) is 4.98 Å². The molecule has 1 aromatic rings. The van der Waals surface area contributed by atoms with E-state index in [-0.39, 0.29) is 23.7 Å². The van der Waals surface area contributed by atoms with E-state index in [1.807, 2.05) is 0 Å². The predicted molar refractivity (Wildman–Crippen MR) is 87.7 cm³/mol. The number of hydrogen-bond donors (Lipinski definition) is 1. The molecule has 4 nitrogen and oxygen atoms in total. The van der Waals surface area contributed by atoms with Gasteiger partial charge in [0.1, 0.15) is 5.82 Å². The van der Waals surface area contributed by atoms with Gasteiger partial charge in [-0.2, -0.15) is 13.2 Å². The summed E-state index contributed by atoms with van der Waals surface area (Å²) in [5.41, 5.74) is -0.747. The van der Waals surface area contributed by atoms with Crippen molar-refractivity contribution < 1.29 is 18.0 Å². The highest BCUT2D eigenvalue weighted by atomic mass is 79.9. The Labute approximate surface area is 146 Å². The lowest BCUT2D eigenvalue weighted by Gasteiger charge is -2.36. The Balaban J connectivity index is 1.73. The Morgan fingerprint density at radius 1 is 1.29 bits per heavy atom. The maximum absolute atomic E-state index is 13.3. The summed E-state index contributed by atoms with van der Waals surface area (Å²) in [6, 6.07) is 0.928. The fraction of sp³-hybridized carbons (Fsp3) is 0.625. The van der Waals surface area contributed by atoms with Gasteiger partial charge >= 0.3 is 6.18 Å². The molecule has 132 valence electrons. The first-order valence-corrected chi connectivity index (χ1v) is 8.92. The molecule has 1 aliphatic carbocycles. The Kier molecular flexibility index (Phi) is 5.03. The minimum absolute atomic E-state index is 0.0351. The molecular formula is C16H19BrF3N3O. The molecule has 1 N–H and O–H groups in total. The van der Waals surface area contributed by atoms with Gasteiger partial charge in [-0.3, -0.25) is 4.79 Å². The Bertz CT molecular complexity index is 619. The van der Waals surface area contributed by atoms with Crippen LogP contribution in [0.1, 0.15) is 37.7 Å². The third-order valence-electron chi connectivity index (χ3n) is 4.68. The van der Waals surface area contributed by atoms with Gasteiger partial charge in [-0.05, 0) is 47.7 Å². The molecule has 1 saturated carbocycles. The highest BCUT2D eigenvalue weighted by Gasteiger charge is 2.37. The molecule has 0 spiro atoms. The number of carbonyl (C=O) groups is 1. The van der Waals surface area contributed by atoms with Crippen molar-refractivity contribution in [2.45, 2.75) is 44.3 Å². The highest BCUT2D eigenvalue weighted by molar-refractivity contribution is 9.10. The lowest BCUT2D eigenvalue weighted by atomic mass is 9.84. The molecule has 1 amide bonds. The summed E-state index contributed by atoms with van der Waals surface area (Å²) in [6.45, 7) is 0.865. The van der Waals surface area contributed by atoms with E-state index in [9.17, 15) is 18.0 Å². The fourth-order valence-corrected chi connectivity index (χ4v) is 3.50. The van der Waals surface area contributed by atoms with Crippen LogP contribution in [0.3, 0.4) is 0 Å². The second-order valence-electron chi connectivity index (χ2n) is 6.44. The highest BCUT2D eigenvalue weighted by Crippen LogP contribution is 2.37. The number of rotatable bonds is 3. The van der Waals surface area contributed by atoms with Crippen LogP contribution in [0, 0.1) is 5.92 Å². The summed E-state index contributed by atoms with van der Waals surface area (Å²) in [7, 11) is 0. The van der Waals surface area contributed by atoms with E-state index in [0.29, 0.717) is 17.6 Å². The molecule has 1 atom stereocenters. The zero-order valence-corrected chi connectivity index (χ0v) is 14.7. The van der Waals surface area contributed by atoms with Gasteiger partial charge in [0.2, 0.25) is 5.91 Å². The summed E-state index contributed by atoms with van der Waals surface area (Å²) in [5, 5.41) is 2.99. The Morgan fingerprint density at radius 3 is 2.67 bits per heavy atom. The van der Waals surface area contributed by atoms with E-state index in [2.05, 4.69) is 26.2 Å². The Morgan fingerprint density at radius 2 is 2.04 bits per heavy atom. The molecule has 2 heterocycles. The van der Waals surface area contributed by atoms with E-state index >= 15 is 0 Å². The number of amides is 1. The van der Waals surface area contributed by atoms with E-state index in [1.165, 1.54) is 6.20 Å². The average molecular weight is 406 g/mol. The average Bonchev–Trinajstić information content (AvgIpc) is 2.44. The number of carbonyl (C=O) groups excluding carboxylic acids is 1. The summed E-state index contributed by atoms with van der Waals surface area (Å²) < 4.78 is 40.2. The second-order valence-corrected chi connectivity index (χ2v) is 7.36. The lowest BCUT2D eigenvalue weighted by Crippen LogP contribution is -2.50. The first kappa shape index (κ1) is 17.5. The monoisotopic (exact) mass is 405 g/mol.